The van der Waals surface area contributed by atoms with Gasteiger partial charge in [0, 0.05) is 12.2 Å². The molecule has 0 fully saturated rings. The second-order valence-electron chi connectivity index (χ2n) is 3.49. The summed E-state index contributed by atoms with van der Waals surface area (Å²) in [5.41, 5.74) is 5.33. The Balaban J connectivity index is 2.47. The Labute approximate surface area is 98.6 Å². The minimum absolute atomic E-state index is 0.0849. The molecule has 0 aliphatic heterocycles. The summed E-state index contributed by atoms with van der Waals surface area (Å²) < 4.78 is 26.6. The molecule has 0 amide bonds. The van der Waals surface area contributed by atoms with Gasteiger partial charge in [-0.1, -0.05) is 0 Å². The number of thioether (sulfide) groups is 1. The molecule has 2 nitrogen and oxygen atoms in total. The second-order valence-corrected chi connectivity index (χ2v) is 4.47. The maximum atomic E-state index is 13.3. The van der Waals surface area contributed by atoms with Gasteiger partial charge >= 0.3 is 0 Å². The van der Waals surface area contributed by atoms with Crippen molar-refractivity contribution >= 4 is 23.1 Å². The molecule has 1 aromatic rings. The second kappa shape index (κ2) is 6.58. The Morgan fingerprint density at radius 2 is 1.88 bits per heavy atom. The molecule has 0 unspecified atom stereocenters. The van der Waals surface area contributed by atoms with Crippen molar-refractivity contribution in [1.29, 1.82) is 0 Å². The van der Waals surface area contributed by atoms with E-state index in [0.29, 0.717) is 6.54 Å². The van der Waals surface area contributed by atoms with Gasteiger partial charge in [0.1, 0.15) is 5.69 Å². The lowest BCUT2D eigenvalue weighted by molar-refractivity contribution is 0.588. The van der Waals surface area contributed by atoms with Crippen molar-refractivity contribution in [2.45, 2.75) is 12.8 Å². The molecular formula is C11H16F2N2S. The zero-order chi connectivity index (χ0) is 12.0. The predicted molar refractivity (Wildman–Crippen MR) is 66.9 cm³/mol. The number of nitrogens with one attached hydrogen (secondary N) is 1. The first-order chi connectivity index (χ1) is 7.65. The van der Waals surface area contributed by atoms with Gasteiger partial charge < -0.3 is 11.1 Å². The van der Waals surface area contributed by atoms with Crippen LogP contribution in [0.15, 0.2) is 12.1 Å². The minimum atomic E-state index is -0.637. The number of nitrogens with two attached hydrogens (primary N) is 1. The van der Waals surface area contributed by atoms with E-state index in [1.54, 1.807) is 11.8 Å². The number of hydrogen-bond acceptors (Lipinski definition) is 3. The SMILES string of the molecule is CSCCCCNc1c(F)cc(N)cc1F. The highest BCUT2D eigenvalue weighted by atomic mass is 32.2. The fraction of sp³-hybridized carbons (Fsp3) is 0.455. The molecule has 5 heteroatoms. The molecule has 0 aliphatic carbocycles. The van der Waals surface area contributed by atoms with E-state index >= 15 is 0 Å². The van der Waals surface area contributed by atoms with E-state index in [4.69, 9.17) is 5.73 Å². The van der Waals surface area contributed by atoms with E-state index < -0.39 is 11.6 Å². The number of anilines is 2. The molecule has 0 bridgehead atoms. The van der Waals surface area contributed by atoms with Gasteiger partial charge in [-0.05, 0) is 37.0 Å². The van der Waals surface area contributed by atoms with E-state index in [1.165, 1.54) is 0 Å². The number of nitrogen functional groups attached to an aromatic ring is 1. The summed E-state index contributed by atoms with van der Waals surface area (Å²) in [6, 6.07) is 2.24. The van der Waals surface area contributed by atoms with Crippen molar-refractivity contribution in [3.05, 3.63) is 23.8 Å². The highest BCUT2D eigenvalue weighted by molar-refractivity contribution is 7.98. The first-order valence-corrected chi connectivity index (χ1v) is 6.52. The molecule has 0 spiro atoms. The maximum Gasteiger partial charge on any atom is 0.151 e. The number of rotatable bonds is 6. The summed E-state index contributed by atoms with van der Waals surface area (Å²) in [4.78, 5) is 0. The predicted octanol–water partition coefficient (Wildman–Crippen LogP) is 3.10. The van der Waals surface area contributed by atoms with Crippen molar-refractivity contribution in [3.63, 3.8) is 0 Å². The number of benzene rings is 1. The van der Waals surface area contributed by atoms with Crippen LogP contribution in [0.4, 0.5) is 20.2 Å². The lowest BCUT2D eigenvalue weighted by Gasteiger charge is -2.09. The van der Waals surface area contributed by atoms with Crippen LogP contribution in [0.25, 0.3) is 0 Å². The van der Waals surface area contributed by atoms with Crippen LogP contribution >= 0.6 is 11.8 Å². The monoisotopic (exact) mass is 246 g/mol. The highest BCUT2D eigenvalue weighted by Gasteiger charge is 2.09. The molecule has 0 radical (unpaired) electrons. The molecule has 1 rings (SSSR count). The first-order valence-electron chi connectivity index (χ1n) is 5.12. The molecule has 1 aromatic carbocycles. The lowest BCUT2D eigenvalue weighted by atomic mass is 10.2. The average molecular weight is 246 g/mol. The van der Waals surface area contributed by atoms with Gasteiger partial charge in [0.2, 0.25) is 0 Å². The zero-order valence-corrected chi connectivity index (χ0v) is 10.0. The number of hydrogen-bond donors (Lipinski definition) is 2. The third-order valence-corrected chi connectivity index (χ3v) is 2.84. The van der Waals surface area contributed by atoms with E-state index in [2.05, 4.69) is 5.32 Å². The topological polar surface area (TPSA) is 38.0 Å². The van der Waals surface area contributed by atoms with Crippen molar-refractivity contribution in [2.24, 2.45) is 0 Å². The van der Waals surface area contributed by atoms with Crippen LogP contribution in [-0.4, -0.2) is 18.6 Å². The first kappa shape index (κ1) is 13.1. The van der Waals surface area contributed by atoms with Gasteiger partial charge in [-0.3, -0.25) is 0 Å². The van der Waals surface area contributed by atoms with Gasteiger partial charge in [-0.25, -0.2) is 8.78 Å². The van der Waals surface area contributed by atoms with Crippen molar-refractivity contribution in [2.75, 3.05) is 29.6 Å². The van der Waals surface area contributed by atoms with E-state index in [9.17, 15) is 8.78 Å². The van der Waals surface area contributed by atoms with Gasteiger partial charge in [0.25, 0.3) is 0 Å². The normalized spacial score (nSPS) is 10.4. The van der Waals surface area contributed by atoms with Gasteiger partial charge in [0.15, 0.2) is 11.6 Å². The molecule has 3 N–H and O–H groups in total. The fourth-order valence-electron chi connectivity index (χ4n) is 1.35. The van der Waals surface area contributed by atoms with E-state index in [1.807, 2.05) is 6.26 Å². The lowest BCUT2D eigenvalue weighted by Crippen LogP contribution is -2.06. The summed E-state index contributed by atoms with van der Waals surface area (Å²) in [5, 5.41) is 2.75. The average Bonchev–Trinajstić information content (AvgIpc) is 2.20. The smallest absolute Gasteiger partial charge is 0.151 e. The summed E-state index contributed by atoms with van der Waals surface area (Å²) in [7, 11) is 0. The van der Waals surface area contributed by atoms with E-state index in [-0.39, 0.29) is 11.4 Å². The van der Waals surface area contributed by atoms with Crippen LogP contribution in [0.2, 0.25) is 0 Å². The van der Waals surface area contributed by atoms with E-state index in [0.717, 1.165) is 30.7 Å². The van der Waals surface area contributed by atoms with Crippen LogP contribution in [0.1, 0.15) is 12.8 Å². The summed E-state index contributed by atoms with van der Waals surface area (Å²) in [6.45, 7) is 0.568. The number of unbranched alkanes of at least 4 members (excludes halogenated alkanes) is 1. The molecule has 0 aromatic heterocycles. The Morgan fingerprint density at radius 3 is 2.44 bits per heavy atom. The summed E-state index contributed by atoms with van der Waals surface area (Å²) >= 11 is 1.76. The third kappa shape index (κ3) is 3.89. The van der Waals surface area contributed by atoms with Gasteiger partial charge in [0.05, 0.1) is 0 Å². The Bertz CT molecular complexity index is 322. The van der Waals surface area contributed by atoms with Crippen LogP contribution in [0.3, 0.4) is 0 Å². The third-order valence-electron chi connectivity index (χ3n) is 2.14. The largest absolute Gasteiger partial charge is 0.399 e. The van der Waals surface area contributed by atoms with Gasteiger partial charge in [-0.2, -0.15) is 11.8 Å². The van der Waals surface area contributed by atoms with Crippen LogP contribution < -0.4 is 11.1 Å². The molecule has 0 aliphatic rings. The quantitative estimate of drug-likeness (QED) is 0.598. The van der Waals surface area contributed by atoms with Crippen LogP contribution in [0.5, 0.6) is 0 Å². The van der Waals surface area contributed by atoms with Crippen molar-refractivity contribution in [1.82, 2.24) is 0 Å². The molecule has 0 saturated heterocycles. The molecule has 0 heterocycles. The summed E-state index contributed by atoms with van der Waals surface area (Å²) in [6.07, 6.45) is 3.96. The highest BCUT2D eigenvalue weighted by Crippen LogP contribution is 2.21. The van der Waals surface area contributed by atoms with Crippen LogP contribution in [-0.2, 0) is 0 Å². The van der Waals surface area contributed by atoms with Crippen molar-refractivity contribution < 1.29 is 8.78 Å². The summed E-state index contributed by atoms with van der Waals surface area (Å²) in [5.74, 6) is -0.210. The molecule has 0 saturated carbocycles. The Morgan fingerprint density at radius 1 is 1.25 bits per heavy atom. The minimum Gasteiger partial charge on any atom is -0.399 e. The molecular weight excluding hydrogens is 230 g/mol. The van der Waals surface area contributed by atoms with Gasteiger partial charge in [-0.15, -0.1) is 0 Å². The number of halogens is 2. The van der Waals surface area contributed by atoms with Crippen molar-refractivity contribution in [3.8, 4) is 0 Å². The fourth-order valence-corrected chi connectivity index (χ4v) is 1.84. The standard InChI is InChI=1S/C11H16F2N2S/c1-16-5-3-2-4-15-11-9(12)6-8(14)7-10(11)13/h6-7,15H,2-5,14H2,1H3. The zero-order valence-electron chi connectivity index (χ0n) is 9.22. The maximum absolute atomic E-state index is 13.3. The Kier molecular flexibility index (Phi) is 5.38. The van der Waals surface area contributed by atoms with Crippen LogP contribution in [0, 0.1) is 11.6 Å². The molecule has 16 heavy (non-hydrogen) atoms. The molecule has 0 atom stereocenters. The molecule has 90 valence electrons. The Hall–Kier alpha value is -0.970.